The monoisotopic (exact) mass is 270 g/mol. The van der Waals surface area contributed by atoms with E-state index in [1.165, 1.54) is 0 Å². The van der Waals surface area contributed by atoms with Crippen LogP contribution in [0.25, 0.3) is 0 Å². The van der Waals surface area contributed by atoms with Crippen molar-refractivity contribution >= 4 is 33.5 Å². The maximum Gasteiger partial charge on any atom is 0.396 e. The van der Waals surface area contributed by atoms with E-state index in [4.69, 9.17) is 0 Å². The Morgan fingerprint density at radius 3 is 2.08 bits per heavy atom. The molecule has 0 saturated heterocycles. The molecule has 2 nitrogen and oxygen atoms in total. The number of hydrogen-bond acceptors (Lipinski definition) is 2. The normalized spacial score (nSPS) is 10.8. The number of carbonyl (C=O) groups is 1. The van der Waals surface area contributed by atoms with Crippen molar-refractivity contribution in [1.82, 2.24) is 0 Å². The maximum absolute atomic E-state index is 11.9. The molecule has 70 valence electrons. The third-order valence-corrected chi connectivity index (χ3v) is 1.11. The third-order valence-electron chi connectivity index (χ3n) is 0.562. The van der Waals surface area contributed by atoms with Crippen molar-refractivity contribution < 1.29 is 27.1 Å². The van der Waals surface area contributed by atoms with Crippen LogP contribution >= 0.6 is 27.5 Å². The number of hydrogen-bond donors (Lipinski definition) is 0. The molecule has 0 aliphatic heterocycles. The lowest BCUT2D eigenvalue weighted by Gasteiger charge is -2.05. The summed E-state index contributed by atoms with van der Waals surface area (Å²) in [6, 6.07) is 0. The molecule has 0 aromatic carbocycles. The summed E-state index contributed by atoms with van der Waals surface area (Å²) in [5, 5.41) is -1.67. The first kappa shape index (κ1) is 11.7. The lowest BCUT2D eigenvalue weighted by molar-refractivity contribution is -0.154. The highest BCUT2D eigenvalue weighted by Crippen LogP contribution is 2.26. The SMILES string of the molecule is O=C(OC(Cl)=C(F)F)C(F)(F)Br. The summed E-state index contributed by atoms with van der Waals surface area (Å²) in [5.41, 5.74) is 0. The van der Waals surface area contributed by atoms with Crippen molar-refractivity contribution in [3.8, 4) is 0 Å². The highest BCUT2D eigenvalue weighted by molar-refractivity contribution is 9.10. The first-order valence-corrected chi connectivity index (χ1v) is 3.42. The Hall–Kier alpha value is -0.300. The minimum absolute atomic E-state index is 1.59. The molecule has 0 atom stereocenters. The molecule has 0 aliphatic carbocycles. The molecule has 0 aliphatic rings. The summed E-state index contributed by atoms with van der Waals surface area (Å²) in [7, 11) is 0. The molecule has 0 spiro atoms. The van der Waals surface area contributed by atoms with Crippen LogP contribution in [0.3, 0.4) is 0 Å². The van der Waals surface area contributed by atoms with Crippen LogP contribution in [0.15, 0.2) is 11.3 Å². The number of ether oxygens (including phenoxy) is 1. The van der Waals surface area contributed by atoms with Crippen LogP contribution in [-0.2, 0) is 9.53 Å². The summed E-state index contributed by atoms with van der Waals surface area (Å²) in [6.45, 7) is 0. The maximum atomic E-state index is 11.9. The minimum Gasteiger partial charge on any atom is -0.403 e. The minimum atomic E-state index is -4.03. The first-order chi connectivity index (χ1) is 5.25. The van der Waals surface area contributed by atoms with Gasteiger partial charge in [0.25, 0.3) is 5.22 Å². The quantitative estimate of drug-likeness (QED) is 0.334. The summed E-state index contributed by atoms with van der Waals surface area (Å²) >= 11 is 6.14. The average molecular weight is 271 g/mol. The van der Waals surface area contributed by atoms with Crippen LogP contribution in [0.2, 0.25) is 0 Å². The number of esters is 1. The van der Waals surface area contributed by atoms with E-state index in [1.54, 1.807) is 15.9 Å². The molecular weight excluding hydrogens is 271 g/mol. The van der Waals surface area contributed by atoms with Crippen molar-refractivity contribution in [2.24, 2.45) is 0 Å². The summed E-state index contributed by atoms with van der Waals surface area (Å²) in [6.07, 6.45) is -2.55. The molecular formula is C4BrClF4O2. The van der Waals surface area contributed by atoms with Crippen molar-refractivity contribution in [3.63, 3.8) is 0 Å². The fourth-order valence-electron chi connectivity index (χ4n) is 0.178. The van der Waals surface area contributed by atoms with Crippen molar-refractivity contribution in [3.05, 3.63) is 11.3 Å². The Kier molecular flexibility index (Phi) is 3.98. The zero-order chi connectivity index (χ0) is 9.94. The van der Waals surface area contributed by atoms with Gasteiger partial charge in [-0.3, -0.25) is 0 Å². The van der Waals surface area contributed by atoms with Gasteiger partial charge in [-0.2, -0.15) is 17.6 Å². The van der Waals surface area contributed by atoms with E-state index in [2.05, 4.69) is 16.3 Å². The third kappa shape index (κ3) is 3.91. The van der Waals surface area contributed by atoms with Gasteiger partial charge < -0.3 is 4.74 Å². The van der Waals surface area contributed by atoms with E-state index in [9.17, 15) is 22.4 Å². The lowest BCUT2D eigenvalue weighted by Crippen LogP contribution is -2.22. The molecule has 0 saturated carbocycles. The Morgan fingerprint density at radius 2 is 1.83 bits per heavy atom. The van der Waals surface area contributed by atoms with Crippen LogP contribution in [-0.4, -0.2) is 10.8 Å². The lowest BCUT2D eigenvalue weighted by atomic mass is 10.7. The average Bonchev–Trinajstić information content (AvgIpc) is 1.85. The van der Waals surface area contributed by atoms with Crippen LogP contribution in [0.5, 0.6) is 0 Å². The number of alkyl halides is 3. The van der Waals surface area contributed by atoms with E-state index in [-0.39, 0.29) is 0 Å². The van der Waals surface area contributed by atoms with Gasteiger partial charge in [0.2, 0.25) is 0 Å². The van der Waals surface area contributed by atoms with Gasteiger partial charge in [-0.25, -0.2) is 4.79 Å². The van der Waals surface area contributed by atoms with Crippen LogP contribution in [0, 0.1) is 0 Å². The molecule has 0 heterocycles. The second kappa shape index (κ2) is 4.08. The summed E-state index contributed by atoms with van der Waals surface area (Å²) < 4.78 is 49.8. The molecule has 0 bridgehead atoms. The topological polar surface area (TPSA) is 26.3 Å². The zero-order valence-corrected chi connectivity index (χ0v) is 7.43. The highest BCUT2D eigenvalue weighted by Gasteiger charge is 2.38. The fourth-order valence-corrected chi connectivity index (χ4v) is 0.329. The number of carbonyl (C=O) groups excluding carboxylic acids is 1. The predicted molar refractivity (Wildman–Crippen MR) is 35.1 cm³/mol. The van der Waals surface area contributed by atoms with Crippen LogP contribution in [0.4, 0.5) is 17.6 Å². The van der Waals surface area contributed by atoms with Crippen LogP contribution in [0.1, 0.15) is 0 Å². The van der Waals surface area contributed by atoms with Gasteiger partial charge in [-0.15, -0.1) is 0 Å². The predicted octanol–water partition coefficient (Wildman–Crippen LogP) is 2.82. The molecule has 0 amide bonds. The Labute approximate surface area is 77.3 Å². The van der Waals surface area contributed by atoms with Gasteiger partial charge in [0.15, 0.2) is 0 Å². The van der Waals surface area contributed by atoms with Crippen LogP contribution < -0.4 is 0 Å². The zero-order valence-electron chi connectivity index (χ0n) is 5.08. The molecule has 8 heteroatoms. The molecule has 0 aromatic heterocycles. The van der Waals surface area contributed by atoms with Crippen molar-refractivity contribution in [2.45, 2.75) is 4.83 Å². The van der Waals surface area contributed by atoms with Crippen molar-refractivity contribution in [1.29, 1.82) is 0 Å². The second-order valence-corrected chi connectivity index (χ2v) is 2.76. The Morgan fingerprint density at radius 1 is 1.42 bits per heavy atom. The van der Waals surface area contributed by atoms with Gasteiger partial charge >= 0.3 is 16.9 Å². The summed E-state index contributed by atoms with van der Waals surface area (Å²) in [5.74, 6) is -2.21. The number of rotatable bonds is 2. The van der Waals surface area contributed by atoms with Gasteiger partial charge in [0.05, 0.1) is 0 Å². The molecule has 0 N–H and O–H groups in total. The fraction of sp³-hybridized carbons (Fsp3) is 0.250. The highest BCUT2D eigenvalue weighted by atomic mass is 79.9. The van der Waals surface area contributed by atoms with E-state index >= 15 is 0 Å². The van der Waals surface area contributed by atoms with E-state index < -0.39 is 22.1 Å². The largest absolute Gasteiger partial charge is 0.403 e. The van der Waals surface area contributed by atoms with Crippen molar-refractivity contribution in [2.75, 3.05) is 0 Å². The van der Waals surface area contributed by atoms with E-state index in [0.717, 1.165) is 0 Å². The smallest absolute Gasteiger partial charge is 0.396 e. The van der Waals surface area contributed by atoms with Gasteiger partial charge in [0.1, 0.15) is 0 Å². The molecule has 12 heavy (non-hydrogen) atoms. The molecule has 0 aromatic rings. The van der Waals surface area contributed by atoms with E-state index in [1.807, 2.05) is 0 Å². The number of halogens is 6. The first-order valence-electron chi connectivity index (χ1n) is 2.25. The Bertz CT molecular complexity index is 220. The van der Waals surface area contributed by atoms with Gasteiger partial charge in [-0.1, -0.05) is 0 Å². The Balaban J connectivity index is 4.32. The van der Waals surface area contributed by atoms with Gasteiger partial charge in [0, 0.05) is 15.9 Å². The molecule has 0 radical (unpaired) electrons. The standard InChI is InChI=1S/C4BrClF4O2/c5-4(9,10)3(11)12-1(6)2(7)8. The molecule has 0 fully saturated rings. The van der Waals surface area contributed by atoms with E-state index in [0.29, 0.717) is 0 Å². The molecule has 0 rings (SSSR count). The second-order valence-electron chi connectivity index (χ2n) is 1.42. The molecule has 0 unspecified atom stereocenters. The van der Waals surface area contributed by atoms with Gasteiger partial charge in [-0.05, 0) is 11.6 Å². The summed E-state index contributed by atoms with van der Waals surface area (Å²) in [4.78, 5) is 6.08.